The summed E-state index contributed by atoms with van der Waals surface area (Å²) in [5.74, 6) is 0.712. The van der Waals surface area contributed by atoms with E-state index in [9.17, 15) is 13.2 Å². The van der Waals surface area contributed by atoms with E-state index in [1.54, 1.807) is 12.1 Å². The van der Waals surface area contributed by atoms with Crippen molar-refractivity contribution in [2.45, 2.75) is 46.4 Å². The van der Waals surface area contributed by atoms with Gasteiger partial charge in [0.05, 0.1) is 4.90 Å². The van der Waals surface area contributed by atoms with Gasteiger partial charge in [-0.05, 0) is 36.1 Å². The van der Waals surface area contributed by atoms with Crippen LogP contribution >= 0.6 is 0 Å². The Bertz CT molecular complexity index is 638. The van der Waals surface area contributed by atoms with Gasteiger partial charge in [0.2, 0.25) is 10.0 Å². The molecule has 0 aromatic heterocycles. The van der Waals surface area contributed by atoms with Gasteiger partial charge in [-0.25, -0.2) is 8.42 Å². The number of carbonyl (C=O) groups excluding carboxylic acids is 1. The maximum absolute atomic E-state index is 12.8. The first-order valence-corrected chi connectivity index (χ1v) is 10.5. The van der Waals surface area contributed by atoms with Crippen LogP contribution in [0.1, 0.15) is 51.9 Å². The number of amides is 1. The number of hydrogen-bond acceptors (Lipinski definition) is 3. The Kier molecular flexibility index (Phi) is 8.09. The Morgan fingerprint density at radius 2 is 1.36 bits per heavy atom. The van der Waals surface area contributed by atoms with Crippen LogP contribution < -0.4 is 0 Å². The summed E-state index contributed by atoms with van der Waals surface area (Å²) >= 11 is 0. The number of sulfonamides is 1. The molecule has 1 aromatic carbocycles. The average Bonchev–Trinajstić information content (AvgIpc) is 2.53. The van der Waals surface area contributed by atoms with E-state index in [1.807, 2.05) is 18.7 Å². The molecule has 0 aliphatic heterocycles. The number of rotatable bonds is 9. The van der Waals surface area contributed by atoms with Gasteiger partial charge in [0, 0.05) is 31.7 Å². The quantitative estimate of drug-likeness (QED) is 0.670. The fourth-order valence-electron chi connectivity index (χ4n) is 2.79. The van der Waals surface area contributed by atoms with Crippen molar-refractivity contribution in [2.24, 2.45) is 11.8 Å². The maximum Gasteiger partial charge on any atom is 0.253 e. The fraction of sp³-hybridized carbons (Fsp3) is 0.632. The standard InChI is InChI=1S/C19H32N2O3S/c1-7-21(8-2)25(23,24)18-11-9-17(10-12-18)19(22)20(13-15(3)4)14-16(5)6/h9-12,15-16H,7-8,13-14H2,1-6H3. The van der Waals surface area contributed by atoms with Crippen LogP contribution in [0.15, 0.2) is 29.2 Å². The predicted molar refractivity (Wildman–Crippen MR) is 102 cm³/mol. The zero-order valence-corrected chi connectivity index (χ0v) is 17.1. The zero-order valence-electron chi connectivity index (χ0n) is 16.3. The molecule has 0 saturated carbocycles. The third-order valence-corrected chi connectivity index (χ3v) is 5.97. The van der Waals surface area contributed by atoms with Crippen molar-refractivity contribution in [1.82, 2.24) is 9.21 Å². The molecule has 0 bridgehead atoms. The maximum atomic E-state index is 12.8. The molecular weight excluding hydrogens is 336 g/mol. The summed E-state index contributed by atoms with van der Waals surface area (Å²) in [4.78, 5) is 14.9. The summed E-state index contributed by atoms with van der Waals surface area (Å²) in [6.07, 6.45) is 0. The van der Waals surface area contributed by atoms with Crippen molar-refractivity contribution >= 4 is 15.9 Å². The highest BCUT2D eigenvalue weighted by Crippen LogP contribution is 2.18. The second-order valence-electron chi connectivity index (χ2n) is 7.11. The summed E-state index contributed by atoms with van der Waals surface area (Å²) in [6, 6.07) is 6.30. The van der Waals surface area contributed by atoms with Crippen molar-refractivity contribution < 1.29 is 13.2 Å². The molecule has 25 heavy (non-hydrogen) atoms. The zero-order chi connectivity index (χ0) is 19.2. The lowest BCUT2D eigenvalue weighted by Crippen LogP contribution is -2.37. The lowest BCUT2D eigenvalue weighted by atomic mass is 10.1. The minimum atomic E-state index is -3.49. The molecule has 0 unspecified atom stereocenters. The van der Waals surface area contributed by atoms with Crippen molar-refractivity contribution in [2.75, 3.05) is 26.2 Å². The Balaban J connectivity index is 3.06. The molecule has 0 heterocycles. The molecular formula is C19H32N2O3S. The van der Waals surface area contributed by atoms with Gasteiger partial charge in [-0.3, -0.25) is 4.79 Å². The van der Waals surface area contributed by atoms with E-state index in [4.69, 9.17) is 0 Å². The van der Waals surface area contributed by atoms with Gasteiger partial charge in [-0.2, -0.15) is 4.31 Å². The normalized spacial score (nSPS) is 12.2. The molecule has 0 fully saturated rings. The van der Waals surface area contributed by atoms with E-state index in [-0.39, 0.29) is 10.8 Å². The molecule has 0 aliphatic carbocycles. The van der Waals surface area contributed by atoms with Gasteiger partial charge >= 0.3 is 0 Å². The summed E-state index contributed by atoms with van der Waals surface area (Å²) in [5, 5.41) is 0. The summed E-state index contributed by atoms with van der Waals surface area (Å²) < 4.78 is 26.5. The molecule has 0 N–H and O–H groups in total. The van der Waals surface area contributed by atoms with Crippen LogP contribution in [0.2, 0.25) is 0 Å². The van der Waals surface area contributed by atoms with Gasteiger partial charge in [0.25, 0.3) is 5.91 Å². The summed E-state index contributed by atoms with van der Waals surface area (Å²) in [7, 11) is -3.49. The van der Waals surface area contributed by atoms with Crippen LogP contribution in [0.25, 0.3) is 0 Å². The molecule has 1 amide bonds. The van der Waals surface area contributed by atoms with Crippen LogP contribution in [0.5, 0.6) is 0 Å². The third-order valence-electron chi connectivity index (χ3n) is 3.90. The topological polar surface area (TPSA) is 57.7 Å². The number of hydrogen-bond donors (Lipinski definition) is 0. The monoisotopic (exact) mass is 368 g/mol. The van der Waals surface area contributed by atoms with Crippen molar-refractivity contribution in [3.05, 3.63) is 29.8 Å². The van der Waals surface area contributed by atoms with E-state index in [0.29, 0.717) is 43.6 Å². The predicted octanol–water partition coefficient (Wildman–Crippen LogP) is 3.47. The van der Waals surface area contributed by atoms with Gasteiger partial charge in [0.1, 0.15) is 0 Å². The van der Waals surface area contributed by atoms with E-state index >= 15 is 0 Å². The largest absolute Gasteiger partial charge is 0.338 e. The minimum Gasteiger partial charge on any atom is -0.338 e. The highest BCUT2D eigenvalue weighted by molar-refractivity contribution is 7.89. The molecule has 1 rings (SSSR count). The molecule has 142 valence electrons. The van der Waals surface area contributed by atoms with Crippen molar-refractivity contribution in [3.63, 3.8) is 0 Å². The first kappa shape index (κ1) is 21.6. The van der Waals surface area contributed by atoms with Gasteiger partial charge in [0.15, 0.2) is 0 Å². The highest BCUT2D eigenvalue weighted by atomic mass is 32.2. The van der Waals surface area contributed by atoms with E-state index in [0.717, 1.165) is 0 Å². The van der Waals surface area contributed by atoms with Crippen molar-refractivity contribution in [1.29, 1.82) is 0 Å². The lowest BCUT2D eigenvalue weighted by molar-refractivity contribution is 0.0715. The molecule has 0 spiro atoms. The lowest BCUT2D eigenvalue weighted by Gasteiger charge is -2.26. The second kappa shape index (κ2) is 9.34. The SMILES string of the molecule is CCN(CC)S(=O)(=O)c1ccc(C(=O)N(CC(C)C)CC(C)C)cc1. The second-order valence-corrected chi connectivity index (χ2v) is 9.05. The highest BCUT2D eigenvalue weighted by Gasteiger charge is 2.23. The smallest absolute Gasteiger partial charge is 0.253 e. The third kappa shape index (κ3) is 5.82. The molecule has 0 saturated heterocycles. The minimum absolute atomic E-state index is 0.0470. The first-order chi connectivity index (χ1) is 11.6. The Labute approximate surface area is 153 Å². The molecule has 0 atom stereocenters. The van der Waals surface area contributed by atoms with Crippen LogP contribution in [0.4, 0.5) is 0 Å². The first-order valence-electron chi connectivity index (χ1n) is 9.02. The average molecular weight is 369 g/mol. The van der Waals surface area contributed by atoms with Crippen LogP contribution in [0, 0.1) is 11.8 Å². The van der Waals surface area contributed by atoms with Gasteiger partial charge in [-0.1, -0.05) is 41.5 Å². The summed E-state index contributed by atoms with van der Waals surface area (Å²) in [6.45, 7) is 14.2. The molecule has 6 heteroatoms. The molecule has 1 aromatic rings. The Morgan fingerprint density at radius 1 is 0.920 bits per heavy atom. The van der Waals surface area contributed by atoms with Crippen LogP contribution in [-0.4, -0.2) is 49.7 Å². The van der Waals surface area contributed by atoms with Crippen LogP contribution in [0.3, 0.4) is 0 Å². The molecule has 0 radical (unpaired) electrons. The summed E-state index contributed by atoms with van der Waals surface area (Å²) in [5.41, 5.74) is 0.528. The number of nitrogens with zero attached hydrogens (tertiary/aromatic N) is 2. The van der Waals surface area contributed by atoms with Crippen LogP contribution in [-0.2, 0) is 10.0 Å². The van der Waals surface area contributed by atoms with Crippen molar-refractivity contribution in [3.8, 4) is 0 Å². The van der Waals surface area contributed by atoms with E-state index < -0.39 is 10.0 Å². The molecule has 0 aliphatic rings. The number of carbonyl (C=O) groups is 1. The number of benzene rings is 1. The van der Waals surface area contributed by atoms with E-state index in [2.05, 4.69) is 27.7 Å². The van der Waals surface area contributed by atoms with E-state index in [1.165, 1.54) is 16.4 Å². The fourth-order valence-corrected chi connectivity index (χ4v) is 4.24. The van der Waals surface area contributed by atoms with Gasteiger partial charge < -0.3 is 4.90 Å². The Morgan fingerprint density at radius 3 is 1.72 bits per heavy atom. The Hall–Kier alpha value is -1.40. The molecule has 5 nitrogen and oxygen atoms in total. The van der Waals surface area contributed by atoms with Gasteiger partial charge in [-0.15, -0.1) is 0 Å².